The fourth-order valence-electron chi connectivity index (χ4n) is 1.53. The van der Waals surface area contributed by atoms with Crippen molar-refractivity contribution in [1.82, 2.24) is 0 Å². The van der Waals surface area contributed by atoms with Crippen LogP contribution in [0.2, 0.25) is 0 Å². The smallest absolute Gasteiger partial charge is 0.214 e. The molecule has 0 unspecified atom stereocenters. The van der Waals surface area contributed by atoms with Crippen molar-refractivity contribution in [2.45, 2.75) is 4.90 Å². The van der Waals surface area contributed by atoms with Crippen molar-refractivity contribution in [3.05, 3.63) is 42.5 Å². The Hall–Kier alpha value is -1.86. The summed E-state index contributed by atoms with van der Waals surface area (Å²) in [4.78, 5) is 0.591. The van der Waals surface area contributed by atoms with Gasteiger partial charge in [0.2, 0.25) is 6.19 Å². The molecular weight excluding hydrogens is 220 g/mol. The molecule has 0 saturated carbocycles. The molecule has 2 rings (SSSR count). The first-order chi connectivity index (χ1) is 7.63. The molecule has 0 radical (unpaired) electrons. The Bertz CT molecular complexity index is 691. The van der Waals surface area contributed by atoms with E-state index in [1.54, 1.807) is 12.3 Å². The summed E-state index contributed by atoms with van der Waals surface area (Å²) in [6.45, 7) is 0. The predicted octanol–water partition coefficient (Wildman–Crippen LogP) is 2.78. The highest BCUT2D eigenvalue weighted by molar-refractivity contribution is 7.93. The van der Waals surface area contributed by atoms with Crippen molar-refractivity contribution >= 4 is 20.5 Å². The van der Waals surface area contributed by atoms with Crippen molar-refractivity contribution < 1.29 is 4.21 Å². The molecule has 0 saturated heterocycles. The lowest BCUT2D eigenvalue weighted by molar-refractivity contribution is 0.681. The lowest BCUT2D eigenvalue weighted by Crippen LogP contribution is -1.96. The average Bonchev–Trinajstić information content (AvgIpc) is 2.28. The van der Waals surface area contributed by atoms with Gasteiger partial charge in [-0.15, -0.1) is 4.36 Å². The molecule has 0 heterocycles. The minimum atomic E-state index is -2.59. The first kappa shape index (κ1) is 10.7. The van der Waals surface area contributed by atoms with Crippen LogP contribution in [0.15, 0.2) is 51.7 Å². The highest BCUT2D eigenvalue weighted by atomic mass is 32.2. The Labute approximate surface area is 94.5 Å². The Morgan fingerprint density at radius 2 is 1.88 bits per heavy atom. The molecule has 3 nitrogen and oxygen atoms in total. The molecule has 0 aromatic heterocycles. The molecule has 80 valence electrons. The van der Waals surface area contributed by atoms with E-state index in [0.717, 1.165) is 10.8 Å². The third kappa shape index (κ3) is 1.90. The minimum Gasteiger partial charge on any atom is -0.244 e. The Balaban J connectivity index is 2.70. The molecule has 2 aromatic rings. The van der Waals surface area contributed by atoms with E-state index >= 15 is 0 Å². The summed E-state index contributed by atoms with van der Waals surface area (Å²) in [5, 5.41) is 10.6. The topological polar surface area (TPSA) is 53.2 Å². The van der Waals surface area contributed by atoms with Gasteiger partial charge in [-0.25, -0.2) is 4.21 Å². The van der Waals surface area contributed by atoms with Crippen LogP contribution in [0.5, 0.6) is 0 Å². The second-order valence-corrected chi connectivity index (χ2v) is 5.76. The van der Waals surface area contributed by atoms with Crippen LogP contribution in [0, 0.1) is 11.5 Å². The SMILES string of the molecule is C[S@@](=O)(=NC#N)c1ccc2ccccc2c1. The number of fused-ring (bicyclic) bond motifs is 1. The molecule has 0 amide bonds. The molecule has 1 atom stereocenters. The molecule has 4 heteroatoms. The van der Waals surface area contributed by atoms with Gasteiger partial charge < -0.3 is 0 Å². The summed E-state index contributed by atoms with van der Waals surface area (Å²) in [5.74, 6) is 0. The molecule has 0 N–H and O–H groups in total. The van der Waals surface area contributed by atoms with Gasteiger partial charge in [-0.2, -0.15) is 5.26 Å². The summed E-state index contributed by atoms with van der Waals surface area (Å²) in [5.41, 5.74) is 0. The van der Waals surface area contributed by atoms with Gasteiger partial charge in [-0.1, -0.05) is 30.3 Å². The largest absolute Gasteiger partial charge is 0.244 e. The van der Waals surface area contributed by atoms with E-state index in [2.05, 4.69) is 4.36 Å². The maximum atomic E-state index is 12.0. The second-order valence-electron chi connectivity index (χ2n) is 3.50. The number of rotatable bonds is 1. The molecule has 0 aliphatic carbocycles. The van der Waals surface area contributed by atoms with Gasteiger partial charge in [-0.3, -0.25) is 0 Å². The normalized spacial score (nSPS) is 14.0. The van der Waals surface area contributed by atoms with Crippen LogP contribution in [-0.2, 0) is 9.73 Å². The van der Waals surface area contributed by atoms with Crippen molar-refractivity contribution in [3.8, 4) is 6.19 Å². The Morgan fingerprint density at radius 1 is 1.19 bits per heavy atom. The number of benzene rings is 2. The van der Waals surface area contributed by atoms with E-state index in [1.165, 1.54) is 6.26 Å². The molecule has 0 aliphatic heterocycles. The van der Waals surface area contributed by atoms with E-state index in [1.807, 2.05) is 36.4 Å². The van der Waals surface area contributed by atoms with E-state index in [0.29, 0.717) is 4.90 Å². The van der Waals surface area contributed by atoms with E-state index in [9.17, 15) is 4.21 Å². The number of hydrogen-bond donors (Lipinski definition) is 0. The van der Waals surface area contributed by atoms with Crippen molar-refractivity contribution in [2.75, 3.05) is 6.26 Å². The summed E-state index contributed by atoms with van der Waals surface area (Å²) in [6.07, 6.45) is 3.08. The quantitative estimate of drug-likeness (QED) is 0.707. The van der Waals surface area contributed by atoms with Gasteiger partial charge in [0.1, 0.15) is 0 Å². The van der Waals surface area contributed by atoms with E-state index < -0.39 is 9.73 Å². The van der Waals surface area contributed by atoms with Gasteiger partial charge >= 0.3 is 0 Å². The van der Waals surface area contributed by atoms with Gasteiger partial charge in [0.25, 0.3) is 0 Å². The minimum absolute atomic E-state index is 0.591. The zero-order valence-electron chi connectivity index (χ0n) is 8.75. The lowest BCUT2D eigenvalue weighted by atomic mass is 10.1. The highest BCUT2D eigenvalue weighted by Crippen LogP contribution is 2.19. The predicted molar refractivity (Wildman–Crippen MR) is 64.3 cm³/mol. The third-order valence-corrected chi connectivity index (χ3v) is 3.93. The molecular formula is C12H10N2OS. The molecule has 0 fully saturated rings. The van der Waals surface area contributed by atoms with Crippen LogP contribution in [0.25, 0.3) is 10.8 Å². The second kappa shape index (κ2) is 3.95. The maximum absolute atomic E-state index is 12.0. The third-order valence-electron chi connectivity index (χ3n) is 2.37. The summed E-state index contributed by atoms with van der Waals surface area (Å²) in [7, 11) is -2.59. The zero-order chi connectivity index (χ0) is 11.6. The van der Waals surface area contributed by atoms with Gasteiger partial charge in [0, 0.05) is 11.2 Å². The summed E-state index contributed by atoms with van der Waals surface area (Å²) in [6, 6.07) is 13.3. The van der Waals surface area contributed by atoms with Gasteiger partial charge in [-0.05, 0) is 22.9 Å². The van der Waals surface area contributed by atoms with Gasteiger partial charge in [0.15, 0.2) is 0 Å². The molecule has 16 heavy (non-hydrogen) atoms. The van der Waals surface area contributed by atoms with Crippen LogP contribution >= 0.6 is 0 Å². The molecule has 2 aromatic carbocycles. The summed E-state index contributed by atoms with van der Waals surface area (Å²) >= 11 is 0. The van der Waals surface area contributed by atoms with Crippen LogP contribution < -0.4 is 0 Å². The van der Waals surface area contributed by atoms with Crippen molar-refractivity contribution in [3.63, 3.8) is 0 Å². The molecule has 0 aliphatic rings. The van der Waals surface area contributed by atoms with Crippen LogP contribution in [0.3, 0.4) is 0 Å². The van der Waals surface area contributed by atoms with Crippen LogP contribution in [-0.4, -0.2) is 10.5 Å². The number of nitriles is 1. The highest BCUT2D eigenvalue weighted by Gasteiger charge is 2.06. The zero-order valence-corrected chi connectivity index (χ0v) is 9.57. The van der Waals surface area contributed by atoms with Crippen molar-refractivity contribution in [1.29, 1.82) is 5.26 Å². The Kier molecular flexibility index (Phi) is 2.63. The van der Waals surface area contributed by atoms with E-state index in [4.69, 9.17) is 5.26 Å². The molecule has 0 bridgehead atoms. The Morgan fingerprint density at radius 3 is 2.56 bits per heavy atom. The molecule has 0 spiro atoms. The number of nitrogens with zero attached hydrogens (tertiary/aromatic N) is 2. The fourth-order valence-corrected chi connectivity index (χ4v) is 2.46. The summed E-state index contributed by atoms with van der Waals surface area (Å²) < 4.78 is 15.5. The fraction of sp³-hybridized carbons (Fsp3) is 0.0833. The van der Waals surface area contributed by atoms with Crippen LogP contribution in [0.1, 0.15) is 0 Å². The van der Waals surface area contributed by atoms with Crippen molar-refractivity contribution in [2.24, 2.45) is 4.36 Å². The first-order valence-electron chi connectivity index (χ1n) is 4.72. The van der Waals surface area contributed by atoms with Gasteiger partial charge in [0.05, 0.1) is 9.73 Å². The van der Waals surface area contributed by atoms with E-state index in [-0.39, 0.29) is 0 Å². The number of hydrogen-bond acceptors (Lipinski definition) is 3. The standard InChI is InChI=1S/C12H10N2OS/c1-16(15,14-9-13)12-7-6-10-4-2-3-5-11(10)8-12/h2-8H,1H3/t16-/m0/s1. The van der Waals surface area contributed by atoms with Crippen LogP contribution in [0.4, 0.5) is 0 Å². The lowest BCUT2D eigenvalue weighted by Gasteiger charge is -2.03. The monoisotopic (exact) mass is 230 g/mol. The maximum Gasteiger partial charge on any atom is 0.214 e. The first-order valence-corrected chi connectivity index (χ1v) is 6.65. The average molecular weight is 230 g/mol.